The molecule has 2 heteroatoms. The molecular weight excluding hydrogens is 246 g/mol. The summed E-state index contributed by atoms with van der Waals surface area (Å²) < 4.78 is 0. The Morgan fingerprint density at radius 1 is 1.00 bits per heavy atom. The number of allylic oxidation sites excluding steroid dienone is 2. The molecule has 0 atom stereocenters. The van der Waals surface area contributed by atoms with Gasteiger partial charge in [0.1, 0.15) is 6.61 Å². The van der Waals surface area contributed by atoms with Crippen LogP contribution in [0, 0.1) is 0 Å². The summed E-state index contributed by atoms with van der Waals surface area (Å²) in [7, 11) is 0. The number of rotatable bonds is 11. The molecule has 0 bridgehead atoms. The second-order valence-corrected chi connectivity index (χ2v) is 4.78. The van der Waals surface area contributed by atoms with Crippen molar-refractivity contribution in [3.8, 4) is 0 Å². The Morgan fingerprint density at radius 2 is 1.60 bits per heavy atom. The summed E-state index contributed by atoms with van der Waals surface area (Å²) >= 11 is 0. The van der Waals surface area contributed by atoms with Crippen LogP contribution in [0.5, 0.6) is 0 Å². The Kier molecular flexibility index (Phi) is 8.95. The van der Waals surface area contributed by atoms with E-state index in [1.807, 2.05) is 42.5 Å². The van der Waals surface area contributed by atoms with Crippen LogP contribution in [0.25, 0.3) is 0 Å². The highest BCUT2D eigenvalue weighted by molar-refractivity contribution is 5.83. The van der Waals surface area contributed by atoms with Crippen molar-refractivity contribution in [3.05, 3.63) is 61.2 Å². The normalized spacial score (nSPS) is 9.80. The highest BCUT2D eigenvalue weighted by Gasteiger charge is 2.00. The van der Waals surface area contributed by atoms with Crippen molar-refractivity contribution in [1.82, 2.24) is 0 Å². The van der Waals surface area contributed by atoms with Crippen molar-refractivity contribution < 1.29 is 4.84 Å². The number of hydrogen-bond donors (Lipinski definition) is 0. The lowest BCUT2D eigenvalue weighted by Crippen LogP contribution is -2.00. The van der Waals surface area contributed by atoms with Gasteiger partial charge in [-0.2, -0.15) is 0 Å². The Balaban J connectivity index is 2.40. The van der Waals surface area contributed by atoms with Crippen LogP contribution < -0.4 is 0 Å². The molecule has 0 N–H and O–H groups in total. The topological polar surface area (TPSA) is 21.6 Å². The smallest absolute Gasteiger partial charge is 0.142 e. The molecule has 0 heterocycles. The van der Waals surface area contributed by atoms with Crippen LogP contribution >= 0.6 is 0 Å². The largest absolute Gasteiger partial charge is 0.391 e. The quantitative estimate of drug-likeness (QED) is 0.232. The third-order valence-electron chi connectivity index (χ3n) is 3.01. The molecule has 0 aliphatic carbocycles. The van der Waals surface area contributed by atoms with E-state index in [1.165, 1.54) is 0 Å². The van der Waals surface area contributed by atoms with E-state index < -0.39 is 0 Å². The Bertz CT molecular complexity index is 393. The minimum Gasteiger partial charge on any atom is -0.391 e. The number of oxime groups is 1. The molecular formula is C18H25NO. The molecule has 0 unspecified atom stereocenters. The Labute approximate surface area is 122 Å². The second-order valence-electron chi connectivity index (χ2n) is 4.78. The van der Waals surface area contributed by atoms with Crippen molar-refractivity contribution in [2.75, 3.05) is 0 Å². The molecule has 0 saturated heterocycles. The predicted octanol–water partition coefficient (Wildman–Crippen LogP) is 5.27. The van der Waals surface area contributed by atoms with Crippen LogP contribution in [0.1, 0.15) is 44.1 Å². The van der Waals surface area contributed by atoms with Gasteiger partial charge in [0.05, 0.1) is 5.71 Å². The van der Waals surface area contributed by atoms with Gasteiger partial charge in [-0.3, -0.25) is 0 Å². The second kappa shape index (κ2) is 11.0. The molecule has 20 heavy (non-hydrogen) atoms. The van der Waals surface area contributed by atoms with Crippen LogP contribution in [0.4, 0.5) is 0 Å². The molecule has 0 aliphatic heterocycles. The van der Waals surface area contributed by atoms with Crippen LogP contribution in [0.15, 0.2) is 60.8 Å². The molecule has 0 aromatic heterocycles. The van der Waals surface area contributed by atoms with E-state index in [-0.39, 0.29) is 0 Å². The van der Waals surface area contributed by atoms with E-state index in [0.29, 0.717) is 6.61 Å². The predicted molar refractivity (Wildman–Crippen MR) is 86.8 cm³/mol. The third-order valence-corrected chi connectivity index (χ3v) is 3.01. The number of benzene rings is 1. The van der Waals surface area contributed by atoms with Gasteiger partial charge in [-0.1, -0.05) is 47.6 Å². The third kappa shape index (κ3) is 7.57. The SMILES string of the molecule is C=CCCCC(CCCC=C)=NOCc1ccccc1. The molecule has 2 nitrogen and oxygen atoms in total. The summed E-state index contributed by atoms with van der Waals surface area (Å²) in [6.45, 7) is 8.04. The van der Waals surface area contributed by atoms with E-state index in [1.54, 1.807) is 0 Å². The minimum atomic E-state index is 0.535. The van der Waals surface area contributed by atoms with Crippen LogP contribution in [0.3, 0.4) is 0 Å². The lowest BCUT2D eigenvalue weighted by atomic mass is 10.1. The fourth-order valence-corrected chi connectivity index (χ4v) is 1.89. The van der Waals surface area contributed by atoms with Crippen molar-refractivity contribution in [2.24, 2.45) is 5.16 Å². The number of hydrogen-bond acceptors (Lipinski definition) is 2. The van der Waals surface area contributed by atoms with Gasteiger partial charge in [-0.15, -0.1) is 13.2 Å². The molecule has 0 fully saturated rings. The van der Waals surface area contributed by atoms with Gasteiger partial charge >= 0.3 is 0 Å². The van der Waals surface area contributed by atoms with Gasteiger partial charge < -0.3 is 4.84 Å². The molecule has 0 aliphatic rings. The maximum atomic E-state index is 5.48. The lowest BCUT2D eigenvalue weighted by molar-refractivity contribution is 0.129. The van der Waals surface area contributed by atoms with Crippen LogP contribution in [0.2, 0.25) is 0 Å². The zero-order chi connectivity index (χ0) is 14.5. The molecule has 0 radical (unpaired) electrons. The molecule has 1 aromatic rings. The molecule has 108 valence electrons. The first kappa shape index (κ1) is 16.2. The number of unbranched alkanes of at least 4 members (excludes halogenated alkanes) is 2. The highest BCUT2D eigenvalue weighted by Crippen LogP contribution is 2.08. The average molecular weight is 271 g/mol. The molecule has 0 amide bonds. The van der Waals surface area contributed by atoms with Gasteiger partial charge in [0.15, 0.2) is 0 Å². The summed E-state index contributed by atoms with van der Waals surface area (Å²) in [5.41, 5.74) is 2.29. The fraction of sp³-hybridized carbons (Fsp3) is 0.389. The van der Waals surface area contributed by atoms with Gasteiger partial charge in [0, 0.05) is 0 Å². The zero-order valence-corrected chi connectivity index (χ0v) is 12.3. The zero-order valence-electron chi connectivity index (χ0n) is 12.3. The molecule has 1 rings (SSSR count). The van der Waals surface area contributed by atoms with Crippen LogP contribution in [-0.2, 0) is 11.4 Å². The van der Waals surface area contributed by atoms with Crippen molar-refractivity contribution in [3.63, 3.8) is 0 Å². The van der Waals surface area contributed by atoms with Crippen LogP contribution in [-0.4, -0.2) is 5.71 Å². The monoisotopic (exact) mass is 271 g/mol. The van der Waals surface area contributed by atoms with E-state index in [2.05, 4.69) is 18.3 Å². The van der Waals surface area contributed by atoms with Gasteiger partial charge in [-0.25, -0.2) is 0 Å². The van der Waals surface area contributed by atoms with E-state index in [4.69, 9.17) is 4.84 Å². The summed E-state index contributed by atoms with van der Waals surface area (Å²) in [5.74, 6) is 0. The first-order valence-electron chi connectivity index (χ1n) is 7.30. The fourth-order valence-electron chi connectivity index (χ4n) is 1.89. The highest BCUT2D eigenvalue weighted by atomic mass is 16.6. The first-order chi connectivity index (χ1) is 9.86. The standard InChI is InChI=1S/C18H25NO/c1-3-5-8-14-18(15-9-6-4-2)19-20-16-17-12-10-7-11-13-17/h3-4,7,10-13H,1-2,5-6,8-9,14-16H2. The van der Waals surface area contributed by atoms with Gasteiger partial charge in [0.2, 0.25) is 0 Å². The maximum Gasteiger partial charge on any atom is 0.142 e. The minimum absolute atomic E-state index is 0.535. The Morgan fingerprint density at radius 3 is 2.15 bits per heavy atom. The van der Waals surface area contributed by atoms with E-state index >= 15 is 0 Å². The first-order valence-corrected chi connectivity index (χ1v) is 7.30. The summed E-state index contributed by atoms with van der Waals surface area (Å²) in [5, 5.41) is 4.31. The molecule has 0 saturated carbocycles. The van der Waals surface area contributed by atoms with E-state index in [9.17, 15) is 0 Å². The number of nitrogens with zero attached hydrogens (tertiary/aromatic N) is 1. The summed E-state index contributed by atoms with van der Waals surface area (Å²) in [6, 6.07) is 10.1. The van der Waals surface area contributed by atoms with Crippen molar-refractivity contribution >= 4 is 5.71 Å². The van der Waals surface area contributed by atoms with Gasteiger partial charge in [-0.05, 0) is 44.1 Å². The summed E-state index contributed by atoms with van der Waals surface area (Å²) in [6.07, 6.45) is 10.1. The average Bonchev–Trinajstić information content (AvgIpc) is 2.48. The van der Waals surface area contributed by atoms with E-state index in [0.717, 1.165) is 49.8 Å². The summed E-state index contributed by atoms with van der Waals surface area (Å²) in [4.78, 5) is 5.48. The lowest BCUT2D eigenvalue weighted by Gasteiger charge is -2.06. The Hall–Kier alpha value is -1.83. The van der Waals surface area contributed by atoms with Crippen molar-refractivity contribution in [1.29, 1.82) is 0 Å². The van der Waals surface area contributed by atoms with Gasteiger partial charge in [0.25, 0.3) is 0 Å². The maximum absolute atomic E-state index is 5.48. The molecule has 0 spiro atoms. The molecule has 1 aromatic carbocycles. The van der Waals surface area contributed by atoms with Crippen molar-refractivity contribution in [2.45, 2.75) is 45.1 Å².